The van der Waals surface area contributed by atoms with Crippen LogP contribution in [0.4, 0.5) is 10.5 Å². The number of nitrogens with one attached hydrogen (secondary N) is 3. The molecule has 1 fully saturated rings. The fourth-order valence-corrected chi connectivity index (χ4v) is 3.97. The van der Waals surface area contributed by atoms with Crippen LogP contribution in [0.15, 0.2) is 53.4 Å². The summed E-state index contributed by atoms with van der Waals surface area (Å²) >= 11 is 0.869. The maximum absolute atomic E-state index is 12.6. The molecule has 0 saturated carbocycles. The van der Waals surface area contributed by atoms with Gasteiger partial charge in [-0.2, -0.15) is 0 Å². The topological polar surface area (TPSA) is 151 Å². The lowest BCUT2D eigenvalue weighted by Gasteiger charge is -2.15. The van der Waals surface area contributed by atoms with E-state index < -0.39 is 23.8 Å². The maximum Gasteiger partial charge on any atom is 0.326 e. The zero-order chi connectivity index (χ0) is 24.5. The highest BCUT2D eigenvalue weighted by Crippen LogP contribution is 2.26. The highest BCUT2D eigenvalue weighted by molar-refractivity contribution is 8.18. The van der Waals surface area contributed by atoms with Gasteiger partial charge in [0, 0.05) is 17.8 Å². The number of hydrogen-bond donors (Lipinski definition) is 5. The Morgan fingerprint density at radius 1 is 1.12 bits per heavy atom. The predicted octanol–water partition coefficient (Wildman–Crippen LogP) is 2.93. The van der Waals surface area contributed by atoms with E-state index in [-0.39, 0.29) is 5.24 Å². The number of carboxylic acid groups (broad SMARTS) is 1. The van der Waals surface area contributed by atoms with Crippen molar-refractivity contribution in [1.82, 2.24) is 10.6 Å². The van der Waals surface area contributed by atoms with E-state index in [1.165, 1.54) is 0 Å². The lowest BCUT2D eigenvalue weighted by Crippen LogP contribution is -2.40. The van der Waals surface area contributed by atoms with Crippen LogP contribution in [-0.2, 0) is 16.1 Å². The second kappa shape index (κ2) is 12.0. The zero-order valence-corrected chi connectivity index (χ0v) is 19.2. The first kappa shape index (κ1) is 25.0. The van der Waals surface area contributed by atoms with Crippen molar-refractivity contribution < 1.29 is 24.3 Å². The second-order valence-corrected chi connectivity index (χ2v) is 8.69. The Morgan fingerprint density at radius 2 is 1.88 bits per heavy atom. The Balaban J connectivity index is 1.57. The average molecular weight is 483 g/mol. The zero-order valence-electron chi connectivity index (χ0n) is 18.4. The van der Waals surface area contributed by atoms with E-state index in [0.717, 1.165) is 28.6 Å². The van der Waals surface area contributed by atoms with Crippen LogP contribution in [0.25, 0.3) is 6.08 Å². The van der Waals surface area contributed by atoms with Gasteiger partial charge in [-0.05, 0) is 79.0 Å². The van der Waals surface area contributed by atoms with E-state index in [2.05, 4.69) is 16.0 Å². The smallest absolute Gasteiger partial charge is 0.326 e. The van der Waals surface area contributed by atoms with E-state index in [1.807, 2.05) is 30.3 Å². The average Bonchev–Trinajstić information content (AvgIpc) is 3.14. The number of nitrogens with two attached hydrogens (primary N) is 1. The van der Waals surface area contributed by atoms with Gasteiger partial charge in [0.05, 0.1) is 4.91 Å². The summed E-state index contributed by atoms with van der Waals surface area (Å²) < 4.78 is 0. The molecule has 1 aliphatic heterocycles. The first-order chi connectivity index (χ1) is 16.4. The van der Waals surface area contributed by atoms with Crippen LogP contribution in [0.1, 0.15) is 40.7 Å². The second-order valence-electron chi connectivity index (χ2n) is 7.68. The van der Waals surface area contributed by atoms with Crippen molar-refractivity contribution in [2.75, 3.05) is 11.9 Å². The van der Waals surface area contributed by atoms with Crippen molar-refractivity contribution in [3.63, 3.8) is 0 Å². The molecule has 0 bridgehead atoms. The number of benzene rings is 2. The molecular formula is C24H26N4O5S. The van der Waals surface area contributed by atoms with Crippen molar-refractivity contribution in [1.29, 1.82) is 0 Å². The van der Waals surface area contributed by atoms with Crippen molar-refractivity contribution in [3.8, 4) is 0 Å². The summed E-state index contributed by atoms with van der Waals surface area (Å²) in [5, 5.41) is 17.0. The molecule has 1 aliphatic rings. The number of rotatable bonds is 11. The quantitative estimate of drug-likeness (QED) is 0.242. The predicted molar refractivity (Wildman–Crippen MR) is 131 cm³/mol. The molecule has 0 aromatic heterocycles. The first-order valence-electron chi connectivity index (χ1n) is 10.8. The van der Waals surface area contributed by atoms with Gasteiger partial charge in [0.1, 0.15) is 6.04 Å². The number of thioether (sulfide) groups is 1. The third-order valence-electron chi connectivity index (χ3n) is 5.09. The fraction of sp³-hybridized carbons (Fsp3) is 0.250. The van der Waals surface area contributed by atoms with Crippen LogP contribution >= 0.6 is 11.8 Å². The standard InChI is InChI=1S/C24H26N4O5S/c25-11-2-1-6-19(23(31)32)27-21(29)17-5-3-4-16(12-17)14-26-18-9-7-15(8-10-18)13-20-22(30)28-24(33)34-20/h3-5,7-10,12-13,19,26H,1-2,6,11,14,25H2,(H,27,29)(H,31,32)(H,28,30,33)/b20-13-/t19-/m0/s1. The van der Waals surface area contributed by atoms with Gasteiger partial charge in [-0.25, -0.2) is 4.79 Å². The summed E-state index contributed by atoms with van der Waals surface area (Å²) in [4.78, 5) is 47.3. The van der Waals surface area contributed by atoms with Gasteiger partial charge < -0.3 is 21.5 Å². The number of anilines is 1. The first-order valence-corrected chi connectivity index (χ1v) is 11.6. The number of imide groups is 1. The van der Waals surface area contributed by atoms with Crippen molar-refractivity contribution in [2.45, 2.75) is 31.8 Å². The molecule has 2 aromatic rings. The third kappa shape index (κ3) is 7.19. The molecular weight excluding hydrogens is 456 g/mol. The molecule has 0 spiro atoms. The van der Waals surface area contributed by atoms with E-state index >= 15 is 0 Å². The summed E-state index contributed by atoms with van der Waals surface area (Å²) in [5.41, 5.74) is 8.31. The van der Waals surface area contributed by atoms with Gasteiger partial charge in [0.25, 0.3) is 17.1 Å². The third-order valence-corrected chi connectivity index (χ3v) is 5.90. The molecule has 3 amide bonds. The lowest BCUT2D eigenvalue weighted by atomic mass is 10.1. The number of unbranched alkanes of at least 4 members (excludes halogenated alkanes) is 1. The number of hydrogen-bond acceptors (Lipinski definition) is 7. The molecule has 6 N–H and O–H groups in total. The summed E-state index contributed by atoms with van der Waals surface area (Å²) in [5.74, 6) is -1.90. The molecule has 34 heavy (non-hydrogen) atoms. The van der Waals surface area contributed by atoms with Crippen molar-refractivity contribution in [2.24, 2.45) is 5.73 Å². The molecule has 0 unspecified atom stereocenters. The van der Waals surface area contributed by atoms with Gasteiger partial charge in [-0.15, -0.1) is 0 Å². The molecule has 3 rings (SSSR count). The highest BCUT2D eigenvalue weighted by atomic mass is 32.2. The minimum Gasteiger partial charge on any atom is -0.480 e. The van der Waals surface area contributed by atoms with Gasteiger partial charge in [0.2, 0.25) is 0 Å². The Kier molecular flexibility index (Phi) is 8.83. The van der Waals surface area contributed by atoms with Crippen LogP contribution in [0.5, 0.6) is 0 Å². The van der Waals surface area contributed by atoms with Crippen LogP contribution in [0.2, 0.25) is 0 Å². The number of carboxylic acids is 1. The van der Waals surface area contributed by atoms with Gasteiger partial charge in [0.15, 0.2) is 0 Å². The largest absolute Gasteiger partial charge is 0.480 e. The van der Waals surface area contributed by atoms with Gasteiger partial charge in [-0.1, -0.05) is 24.3 Å². The summed E-state index contributed by atoms with van der Waals surface area (Å²) in [7, 11) is 0. The lowest BCUT2D eigenvalue weighted by molar-refractivity contribution is -0.139. The Hall–Kier alpha value is -3.63. The van der Waals surface area contributed by atoms with Gasteiger partial charge >= 0.3 is 5.97 Å². The molecule has 2 aromatic carbocycles. The van der Waals surface area contributed by atoms with Crippen molar-refractivity contribution >= 4 is 46.5 Å². The number of carbonyl (C=O) groups is 4. The number of aliphatic carboxylic acids is 1. The normalized spacial score (nSPS) is 15.1. The summed E-state index contributed by atoms with van der Waals surface area (Å²) in [6, 6.07) is 13.4. The minimum absolute atomic E-state index is 0.325. The van der Waals surface area contributed by atoms with E-state index in [0.29, 0.717) is 42.8 Å². The minimum atomic E-state index is -1.07. The van der Waals surface area contributed by atoms with Crippen molar-refractivity contribution in [3.05, 3.63) is 70.1 Å². The maximum atomic E-state index is 12.6. The SMILES string of the molecule is NCCCC[C@H](NC(=O)c1cccc(CNc2ccc(/C=C3\SC(=O)NC3=O)cc2)c1)C(=O)O. The Bertz CT molecular complexity index is 1100. The van der Waals surface area contributed by atoms with E-state index in [1.54, 1.807) is 24.3 Å². The Labute approximate surface area is 201 Å². The van der Waals surface area contributed by atoms with Crippen LogP contribution in [0, 0.1) is 0 Å². The summed E-state index contributed by atoms with van der Waals surface area (Å²) in [6.07, 6.45) is 3.30. The molecule has 0 radical (unpaired) electrons. The van der Waals surface area contributed by atoms with Gasteiger partial charge in [-0.3, -0.25) is 19.7 Å². The number of carbonyl (C=O) groups excluding carboxylic acids is 3. The monoisotopic (exact) mass is 482 g/mol. The van der Waals surface area contributed by atoms with E-state index in [9.17, 15) is 24.3 Å². The summed E-state index contributed by atoms with van der Waals surface area (Å²) in [6.45, 7) is 0.931. The Morgan fingerprint density at radius 3 is 2.53 bits per heavy atom. The molecule has 1 saturated heterocycles. The molecule has 1 atom stereocenters. The molecule has 9 nitrogen and oxygen atoms in total. The van der Waals surface area contributed by atoms with Crippen LogP contribution < -0.4 is 21.7 Å². The van der Waals surface area contributed by atoms with E-state index in [4.69, 9.17) is 5.73 Å². The highest BCUT2D eigenvalue weighted by Gasteiger charge is 2.24. The molecule has 10 heteroatoms. The molecule has 1 heterocycles. The van der Waals surface area contributed by atoms with Crippen LogP contribution in [-0.4, -0.2) is 40.7 Å². The van der Waals surface area contributed by atoms with Crippen LogP contribution in [0.3, 0.4) is 0 Å². The molecule has 178 valence electrons. The fourth-order valence-electron chi connectivity index (χ4n) is 3.29. The molecule has 0 aliphatic carbocycles. The number of amides is 3.